The molecule has 2 aromatic carbocycles. The van der Waals surface area contributed by atoms with Gasteiger partial charge >= 0.3 is 0 Å². The van der Waals surface area contributed by atoms with E-state index in [0.717, 1.165) is 16.8 Å². The summed E-state index contributed by atoms with van der Waals surface area (Å²) in [4.78, 5) is 37.0. The third kappa shape index (κ3) is 4.31. The topological polar surface area (TPSA) is 102 Å². The van der Waals surface area contributed by atoms with Crippen molar-refractivity contribution in [3.05, 3.63) is 53.6 Å². The van der Waals surface area contributed by atoms with Gasteiger partial charge in [0, 0.05) is 24.3 Å². The zero-order chi connectivity index (χ0) is 20.3. The van der Waals surface area contributed by atoms with E-state index in [0.29, 0.717) is 11.4 Å². The predicted molar refractivity (Wildman–Crippen MR) is 106 cm³/mol. The molecule has 28 heavy (non-hydrogen) atoms. The van der Waals surface area contributed by atoms with Crippen LogP contribution < -0.4 is 20.7 Å². The highest BCUT2D eigenvalue weighted by molar-refractivity contribution is 6.00. The second-order valence-corrected chi connectivity index (χ2v) is 6.89. The summed E-state index contributed by atoms with van der Waals surface area (Å²) in [6.45, 7) is 4.10. The quantitative estimate of drug-likeness (QED) is 0.800. The van der Waals surface area contributed by atoms with Gasteiger partial charge in [0.25, 0.3) is 5.91 Å². The Morgan fingerprint density at radius 2 is 1.89 bits per heavy atom. The van der Waals surface area contributed by atoms with E-state index in [9.17, 15) is 14.4 Å². The molecule has 2 aromatic rings. The third-order valence-electron chi connectivity index (χ3n) is 4.92. The minimum absolute atomic E-state index is 0.126. The molecule has 3 amide bonds. The van der Waals surface area contributed by atoms with E-state index in [4.69, 9.17) is 10.5 Å². The highest BCUT2D eigenvalue weighted by Gasteiger charge is 2.33. The Balaban J connectivity index is 1.56. The lowest BCUT2D eigenvalue weighted by molar-refractivity contribution is -0.123. The molecule has 0 radical (unpaired) electrons. The van der Waals surface area contributed by atoms with Gasteiger partial charge in [-0.15, -0.1) is 0 Å². The summed E-state index contributed by atoms with van der Waals surface area (Å²) < 4.78 is 5.52. The van der Waals surface area contributed by atoms with Crippen molar-refractivity contribution in [3.8, 4) is 5.75 Å². The van der Waals surface area contributed by atoms with Gasteiger partial charge in [-0.1, -0.05) is 12.1 Å². The van der Waals surface area contributed by atoms with Crippen molar-refractivity contribution in [1.29, 1.82) is 0 Å². The number of hydrogen-bond acceptors (Lipinski definition) is 4. The number of hydrogen-bond donors (Lipinski definition) is 2. The van der Waals surface area contributed by atoms with Crippen LogP contribution in [0, 0.1) is 19.8 Å². The van der Waals surface area contributed by atoms with Crippen molar-refractivity contribution in [1.82, 2.24) is 0 Å². The molecule has 0 spiro atoms. The first kappa shape index (κ1) is 19.4. The maximum atomic E-state index is 12.1. The molecule has 3 rings (SSSR count). The molecule has 3 N–H and O–H groups in total. The van der Waals surface area contributed by atoms with Crippen LogP contribution in [0.4, 0.5) is 11.4 Å². The molecule has 1 atom stereocenters. The van der Waals surface area contributed by atoms with Gasteiger partial charge in [-0.3, -0.25) is 14.4 Å². The highest BCUT2D eigenvalue weighted by atomic mass is 16.5. The fourth-order valence-corrected chi connectivity index (χ4v) is 3.09. The number of primary amides is 1. The number of anilines is 2. The summed E-state index contributed by atoms with van der Waals surface area (Å²) in [7, 11) is 0. The number of nitrogens with two attached hydrogens (primary N) is 1. The van der Waals surface area contributed by atoms with Crippen LogP contribution in [-0.4, -0.2) is 30.9 Å². The number of benzene rings is 2. The summed E-state index contributed by atoms with van der Waals surface area (Å²) in [5.41, 5.74) is 8.84. The number of rotatable bonds is 6. The predicted octanol–water partition coefficient (Wildman–Crippen LogP) is 2.16. The van der Waals surface area contributed by atoms with Crippen molar-refractivity contribution in [2.45, 2.75) is 20.3 Å². The van der Waals surface area contributed by atoms with E-state index in [1.54, 1.807) is 24.3 Å². The monoisotopic (exact) mass is 381 g/mol. The van der Waals surface area contributed by atoms with Gasteiger partial charge in [-0.05, 0) is 55.3 Å². The summed E-state index contributed by atoms with van der Waals surface area (Å²) >= 11 is 0. The highest BCUT2D eigenvalue weighted by Crippen LogP contribution is 2.26. The maximum absolute atomic E-state index is 12.1. The Bertz CT molecular complexity index is 908. The van der Waals surface area contributed by atoms with Crippen molar-refractivity contribution in [3.63, 3.8) is 0 Å². The standard InChI is InChI=1S/C21H23N3O4/c1-13-4-3-5-18(14(13)2)23-19(25)12-28-17-8-6-16(7-9-17)24-11-15(21(22)27)10-20(24)26/h3-9,15H,10-12H2,1-2H3,(H2,22,27)(H,23,25)/t15-/m0/s1. The summed E-state index contributed by atoms with van der Waals surface area (Å²) in [6, 6.07) is 12.5. The minimum atomic E-state index is -0.467. The molecule has 0 saturated carbocycles. The van der Waals surface area contributed by atoms with Crippen LogP contribution in [0.1, 0.15) is 17.5 Å². The third-order valence-corrected chi connectivity index (χ3v) is 4.92. The average molecular weight is 381 g/mol. The van der Waals surface area contributed by atoms with Crippen LogP contribution >= 0.6 is 0 Å². The van der Waals surface area contributed by atoms with Gasteiger partial charge in [0.05, 0.1) is 5.92 Å². The second kappa shape index (κ2) is 8.12. The lowest BCUT2D eigenvalue weighted by atomic mass is 10.1. The molecule has 1 heterocycles. The molecule has 0 bridgehead atoms. The number of ether oxygens (including phenoxy) is 1. The van der Waals surface area contributed by atoms with E-state index in [1.807, 2.05) is 32.0 Å². The number of aryl methyl sites for hydroxylation is 1. The number of nitrogens with zero attached hydrogens (tertiary/aromatic N) is 1. The minimum Gasteiger partial charge on any atom is -0.484 e. The summed E-state index contributed by atoms with van der Waals surface area (Å²) in [5.74, 6) is -0.803. The van der Waals surface area contributed by atoms with Crippen molar-refractivity contribution >= 4 is 29.1 Å². The molecule has 1 saturated heterocycles. The molecule has 1 aliphatic rings. The zero-order valence-corrected chi connectivity index (χ0v) is 15.9. The molecule has 1 fully saturated rings. The molecule has 7 nitrogen and oxygen atoms in total. The van der Waals surface area contributed by atoms with Crippen LogP contribution in [0.3, 0.4) is 0 Å². The Kier molecular flexibility index (Phi) is 5.63. The number of amides is 3. The van der Waals surface area contributed by atoms with Crippen LogP contribution in [0.2, 0.25) is 0 Å². The number of carbonyl (C=O) groups is 3. The van der Waals surface area contributed by atoms with Gasteiger partial charge < -0.3 is 20.7 Å². The smallest absolute Gasteiger partial charge is 0.262 e. The number of carbonyl (C=O) groups excluding carboxylic acids is 3. The summed E-state index contributed by atoms with van der Waals surface area (Å²) in [6.07, 6.45) is 0.131. The van der Waals surface area contributed by atoms with E-state index in [-0.39, 0.29) is 31.4 Å². The number of nitrogens with one attached hydrogen (secondary N) is 1. The van der Waals surface area contributed by atoms with Gasteiger partial charge in [-0.2, -0.15) is 0 Å². The largest absolute Gasteiger partial charge is 0.484 e. The van der Waals surface area contributed by atoms with Crippen molar-refractivity contribution in [2.75, 3.05) is 23.4 Å². The molecular weight excluding hydrogens is 358 g/mol. The fraction of sp³-hybridized carbons (Fsp3) is 0.286. The first-order valence-electron chi connectivity index (χ1n) is 9.03. The van der Waals surface area contributed by atoms with Crippen LogP contribution in [-0.2, 0) is 14.4 Å². The van der Waals surface area contributed by atoms with E-state index in [1.165, 1.54) is 4.90 Å². The van der Waals surface area contributed by atoms with Crippen LogP contribution in [0.5, 0.6) is 5.75 Å². The maximum Gasteiger partial charge on any atom is 0.262 e. The lowest BCUT2D eigenvalue weighted by Gasteiger charge is -2.17. The molecule has 7 heteroatoms. The van der Waals surface area contributed by atoms with E-state index in [2.05, 4.69) is 5.32 Å². The SMILES string of the molecule is Cc1cccc(NC(=O)COc2ccc(N3C[C@@H](C(N)=O)CC3=O)cc2)c1C. The van der Waals surface area contributed by atoms with Crippen LogP contribution in [0.15, 0.2) is 42.5 Å². The Morgan fingerprint density at radius 3 is 2.54 bits per heavy atom. The Morgan fingerprint density at radius 1 is 1.18 bits per heavy atom. The van der Waals surface area contributed by atoms with Gasteiger partial charge in [0.15, 0.2) is 6.61 Å². The zero-order valence-electron chi connectivity index (χ0n) is 15.9. The van der Waals surface area contributed by atoms with Crippen LogP contribution in [0.25, 0.3) is 0 Å². The van der Waals surface area contributed by atoms with Gasteiger partial charge in [0.1, 0.15) is 5.75 Å². The van der Waals surface area contributed by atoms with Crippen molar-refractivity contribution in [2.24, 2.45) is 11.7 Å². The average Bonchev–Trinajstić information content (AvgIpc) is 3.06. The second-order valence-electron chi connectivity index (χ2n) is 6.89. The molecule has 0 aromatic heterocycles. The first-order valence-corrected chi connectivity index (χ1v) is 9.03. The molecule has 0 unspecified atom stereocenters. The molecule has 0 aliphatic carbocycles. The molecule has 146 valence electrons. The lowest BCUT2D eigenvalue weighted by Crippen LogP contribution is -2.28. The summed E-state index contributed by atoms with van der Waals surface area (Å²) in [5, 5.41) is 2.84. The Labute approximate surface area is 163 Å². The first-order chi connectivity index (χ1) is 13.3. The van der Waals surface area contributed by atoms with E-state index < -0.39 is 11.8 Å². The molecule has 1 aliphatic heterocycles. The fourth-order valence-electron chi connectivity index (χ4n) is 3.09. The van der Waals surface area contributed by atoms with E-state index >= 15 is 0 Å². The van der Waals surface area contributed by atoms with Gasteiger partial charge in [0.2, 0.25) is 11.8 Å². The molecular formula is C21H23N3O4. The van der Waals surface area contributed by atoms with Crippen molar-refractivity contribution < 1.29 is 19.1 Å². The van der Waals surface area contributed by atoms with Gasteiger partial charge in [-0.25, -0.2) is 0 Å². The Hall–Kier alpha value is -3.35. The normalized spacial score (nSPS) is 16.1.